The first-order valence-corrected chi connectivity index (χ1v) is 1.59. The quantitative estimate of drug-likeness (QED) is 0.360. The van der Waals surface area contributed by atoms with Crippen LogP contribution in [0, 0.1) is 4.91 Å². The molecular formula is C3H5NO2. The predicted octanol–water partition coefficient (Wildman–Crippen LogP) is 0.340. The average Bonchev–Trinajstić information content (AvgIpc) is 1.65. The molecule has 34 valence electrons. The van der Waals surface area contributed by atoms with Crippen molar-refractivity contribution in [3.8, 4) is 0 Å². The molecule has 0 bridgehead atoms. The Bertz CT molecular complexity index is 53.8. The predicted molar refractivity (Wildman–Crippen MR) is 21.3 cm³/mol. The molecule has 1 atom stereocenters. The number of hydrogen-bond acceptors (Lipinski definition) is 3. The van der Waals surface area contributed by atoms with Crippen molar-refractivity contribution in [1.29, 1.82) is 0 Å². The summed E-state index contributed by atoms with van der Waals surface area (Å²) in [6, 6.07) is -0.676. The zero-order valence-electron chi connectivity index (χ0n) is 3.42. The van der Waals surface area contributed by atoms with Gasteiger partial charge in [0.15, 0.2) is 0 Å². The zero-order chi connectivity index (χ0) is 4.99. The normalized spacial score (nSPS) is 12.8. The van der Waals surface area contributed by atoms with Crippen LogP contribution in [0.3, 0.4) is 0 Å². The molecule has 0 rings (SSSR count). The third-order valence-corrected chi connectivity index (χ3v) is 0.363. The van der Waals surface area contributed by atoms with Crippen LogP contribution in [0.15, 0.2) is 5.18 Å². The molecule has 0 heterocycles. The van der Waals surface area contributed by atoms with Crippen LogP contribution in [0.5, 0.6) is 0 Å². The number of rotatable bonds is 2. The highest BCUT2D eigenvalue weighted by Crippen LogP contribution is 1.76. The van der Waals surface area contributed by atoms with Crippen molar-refractivity contribution in [3.63, 3.8) is 0 Å². The molecule has 0 spiro atoms. The van der Waals surface area contributed by atoms with Gasteiger partial charge in [0.25, 0.3) is 0 Å². The van der Waals surface area contributed by atoms with Crippen LogP contribution in [0.4, 0.5) is 0 Å². The van der Waals surface area contributed by atoms with Gasteiger partial charge in [-0.2, -0.15) is 4.91 Å². The second kappa shape index (κ2) is 2.50. The maximum atomic E-state index is 9.44. The first-order valence-electron chi connectivity index (χ1n) is 1.59. The SMILES string of the molecule is CC(C=O)N=O. The first-order chi connectivity index (χ1) is 2.81. The highest BCUT2D eigenvalue weighted by atomic mass is 16.3. The number of carbonyl (C=O) groups is 1. The van der Waals surface area contributed by atoms with Crippen molar-refractivity contribution in [2.24, 2.45) is 5.18 Å². The lowest BCUT2D eigenvalue weighted by Crippen LogP contribution is -1.94. The maximum Gasteiger partial charge on any atom is 0.147 e. The van der Waals surface area contributed by atoms with Gasteiger partial charge in [-0.05, 0) is 6.92 Å². The zero-order valence-corrected chi connectivity index (χ0v) is 3.42. The highest BCUT2D eigenvalue weighted by molar-refractivity contribution is 5.56. The van der Waals surface area contributed by atoms with Gasteiger partial charge in [0.1, 0.15) is 12.3 Å². The van der Waals surface area contributed by atoms with Crippen molar-refractivity contribution >= 4 is 6.29 Å². The van der Waals surface area contributed by atoms with Gasteiger partial charge in [-0.25, -0.2) is 0 Å². The minimum atomic E-state index is -0.676. The molecule has 3 heteroatoms. The fraction of sp³-hybridized carbons (Fsp3) is 0.667. The molecule has 0 aliphatic heterocycles. The van der Waals surface area contributed by atoms with Gasteiger partial charge in [0.05, 0.1) is 0 Å². The van der Waals surface area contributed by atoms with Gasteiger partial charge in [0, 0.05) is 0 Å². The second-order valence-corrected chi connectivity index (χ2v) is 0.982. The maximum absolute atomic E-state index is 9.44. The molecule has 0 aliphatic carbocycles. The Morgan fingerprint density at radius 3 is 2.33 bits per heavy atom. The van der Waals surface area contributed by atoms with E-state index in [9.17, 15) is 9.70 Å². The topological polar surface area (TPSA) is 46.5 Å². The summed E-state index contributed by atoms with van der Waals surface area (Å²) in [5.41, 5.74) is 0. The van der Waals surface area contributed by atoms with E-state index in [0.29, 0.717) is 6.29 Å². The first kappa shape index (κ1) is 5.27. The molecule has 0 aliphatic rings. The Balaban J connectivity index is 3.21. The summed E-state index contributed by atoms with van der Waals surface area (Å²) in [4.78, 5) is 18.7. The minimum absolute atomic E-state index is 0.493. The molecule has 1 unspecified atom stereocenters. The van der Waals surface area contributed by atoms with E-state index < -0.39 is 6.04 Å². The summed E-state index contributed by atoms with van der Waals surface area (Å²) >= 11 is 0. The molecule has 0 amide bonds. The lowest BCUT2D eigenvalue weighted by atomic mass is 10.4. The van der Waals surface area contributed by atoms with Crippen molar-refractivity contribution < 1.29 is 4.79 Å². The van der Waals surface area contributed by atoms with Crippen LogP contribution in [-0.4, -0.2) is 12.3 Å². The third-order valence-electron chi connectivity index (χ3n) is 0.363. The van der Waals surface area contributed by atoms with Crippen LogP contribution in [0.25, 0.3) is 0 Å². The Kier molecular flexibility index (Phi) is 2.20. The molecule has 0 radical (unpaired) electrons. The van der Waals surface area contributed by atoms with E-state index in [1.807, 2.05) is 0 Å². The standard InChI is InChI=1S/C3H5NO2/c1-3(2-5)4-6/h2-3H,1H3. The molecule has 0 fully saturated rings. The summed E-state index contributed by atoms with van der Waals surface area (Å²) < 4.78 is 0. The van der Waals surface area contributed by atoms with E-state index >= 15 is 0 Å². The highest BCUT2D eigenvalue weighted by Gasteiger charge is 1.90. The number of hydrogen-bond donors (Lipinski definition) is 0. The van der Waals surface area contributed by atoms with E-state index in [1.54, 1.807) is 0 Å². The monoisotopic (exact) mass is 87.0 g/mol. The molecule has 6 heavy (non-hydrogen) atoms. The molecule has 0 aromatic heterocycles. The Morgan fingerprint density at radius 2 is 2.33 bits per heavy atom. The summed E-state index contributed by atoms with van der Waals surface area (Å²) in [7, 11) is 0. The molecule has 0 saturated heterocycles. The molecule has 0 N–H and O–H groups in total. The minimum Gasteiger partial charge on any atom is -0.301 e. The molecule has 0 aromatic rings. The fourth-order valence-electron chi connectivity index (χ4n) is 0.0248. The van der Waals surface area contributed by atoms with E-state index in [-0.39, 0.29) is 0 Å². The summed E-state index contributed by atoms with van der Waals surface area (Å²) in [5, 5.41) is 2.39. The Labute approximate surface area is 35.3 Å². The molecule has 3 nitrogen and oxygen atoms in total. The van der Waals surface area contributed by atoms with Crippen LogP contribution < -0.4 is 0 Å². The van der Waals surface area contributed by atoms with Crippen molar-refractivity contribution in [2.45, 2.75) is 13.0 Å². The molecular weight excluding hydrogens is 82.0 g/mol. The summed E-state index contributed by atoms with van der Waals surface area (Å²) in [5.74, 6) is 0. The van der Waals surface area contributed by atoms with Crippen molar-refractivity contribution in [3.05, 3.63) is 4.91 Å². The number of nitrogens with zero attached hydrogens (tertiary/aromatic N) is 1. The number of carbonyl (C=O) groups excluding carboxylic acids is 1. The van der Waals surface area contributed by atoms with E-state index in [2.05, 4.69) is 5.18 Å². The van der Waals surface area contributed by atoms with Crippen molar-refractivity contribution in [1.82, 2.24) is 0 Å². The Morgan fingerprint density at radius 1 is 1.83 bits per heavy atom. The molecule has 0 saturated carbocycles. The largest absolute Gasteiger partial charge is 0.301 e. The van der Waals surface area contributed by atoms with E-state index in [0.717, 1.165) is 0 Å². The average molecular weight is 87.1 g/mol. The van der Waals surface area contributed by atoms with Crippen molar-refractivity contribution in [2.75, 3.05) is 0 Å². The lowest BCUT2D eigenvalue weighted by molar-refractivity contribution is -0.108. The van der Waals surface area contributed by atoms with Crippen LogP contribution in [0.2, 0.25) is 0 Å². The smallest absolute Gasteiger partial charge is 0.147 e. The van der Waals surface area contributed by atoms with Gasteiger partial charge in [0.2, 0.25) is 0 Å². The van der Waals surface area contributed by atoms with Gasteiger partial charge in [-0.15, -0.1) is 0 Å². The van der Waals surface area contributed by atoms with Crippen LogP contribution in [-0.2, 0) is 4.79 Å². The number of nitroso groups, excluding NO2 is 1. The summed E-state index contributed by atoms with van der Waals surface area (Å²) in [6.45, 7) is 1.43. The van der Waals surface area contributed by atoms with Gasteiger partial charge in [-0.3, -0.25) is 0 Å². The third kappa shape index (κ3) is 1.58. The van der Waals surface area contributed by atoms with Gasteiger partial charge in [-0.1, -0.05) is 5.18 Å². The fourth-order valence-corrected chi connectivity index (χ4v) is 0.0248. The van der Waals surface area contributed by atoms with Crippen LogP contribution in [0.1, 0.15) is 6.92 Å². The second-order valence-electron chi connectivity index (χ2n) is 0.982. The van der Waals surface area contributed by atoms with E-state index in [4.69, 9.17) is 0 Å². The van der Waals surface area contributed by atoms with Crippen LogP contribution >= 0.6 is 0 Å². The van der Waals surface area contributed by atoms with Gasteiger partial charge < -0.3 is 4.79 Å². The summed E-state index contributed by atoms with van der Waals surface area (Å²) in [6.07, 6.45) is 0.493. The number of aldehydes is 1. The lowest BCUT2D eigenvalue weighted by Gasteiger charge is -1.77. The van der Waals surface area contributed by atoms with E-state index in [1.165, 1.54) is 6.92 Å². The Hall–Kier alpha value is -0.730. The molecule has 0 aromatic carbocycles. The van der Waals surface area contributed by atoms with Gasteiger partial charge >= 0.3 is 0 Å².